The largest absolute Gasteiger partial charge is 0.436 e. The first kappa shape index (κ1) is 9.62. The summed E-state index contributed by atoms with van der Waals surface area (Å²) in [6.45, 7) is 5.41. The predicted molar refractivity (Wildman–Crippen MR) is 43.2 cm³/mol. The molecule has 0 saturated carbocycles. The molecule has 0 heterocycles. The molecule has 0 bridgehead atoms. The molecule has 0 aliphatic carbocycles. The molecule has 0 fully saturated rings. The summed E-state index contributed by atoms with van der Waals surface area (Å²) < 4.78 is 4.68. The van der Waals surface area contributed by atoms with Gasteiger partial charge in [-0.15, -0.1) is 12.6 Å². The minimum absolute atomic E-state index is 0.111. The van der Waals surface area contributed by atoms with E-state index in [1.165, 1.54) is 0 Å². The maximum atomic E-state index is 10.7. The van der Waals surface area contributed by atoms with Crippen molar-refractivity contribution >= 4 is 18.7 Å². The normalized spacial score (nSPS) is 12.9. The van der Waals surface area contributed by atoms with E-state index in [-0.39, 0.29) is 11.5 Å². The fourth-order valence-electron chi connectivity index (χ4n) is 0.425. The molecule has 60 valence electrons. The minimum atomic E-state index is -0.419. The number of carbonyl (C=O) groups is 1. The highest BCUT2D eigenvalue weighted by Gasteiger charge is 2.05. The average molecular weight is 163 g/mol. The predicted octanol–water partition coefficient (Wildman–Crippen LogP) is 1.40. The van der Waals surface area contributed by atoms with Gasteiger partial charge >= 0.3 is 6.09 Å². The van der Waals surface area contributed by atoms with Gasteiger partial charge in [0.25, 0.3) is 0 Å². The van der Waals surface area contributed by atoms with E-state index in [2.05, 4.69) is 22.7 Å². The summed E-state index contributed by atoms with van der Waals surface area (Å²) in [6.07, 6.45) is -0.419. The van der Waals surface area contributed by atoms with Gasteiger partial charge < -0.3 is 10.1 Å². The van der Waals surface area contributed by atoms with Crippen molar-refractivity contribution in [2.75, 3.05) is 0 Å². The van der Waals surface area contributed by atoms with Gasteiger partial charge in [-0.25, -0.2) is 4.79 Å². The van der Waals surface area contributed by atoms with Gasteiger partial charge in [-0.2, -0.15) is 0 Å². The van der Waals surface area contributed by atoms with Crippen LogP contribution in [0.2, 0.25) is 0 Å². The molecule has 4 heteroatoms. The highest BCUT2D eigenvalue weighted by Crippen LogP contribution is 1.95. The molecule has 0 radical (unpaired) electrons. The molecular formula is C6H13NO2S. The Morgan fingerprint density at radius 1 is 1.50 bits per heavy atom. The Bertz CT molecular complexity index is 102. The van der Waals surface area contributed by atoms with Crippen molar-refractivity contribution in [3.63, 3.8) is 0 Å². The maximum Gasteiger partial charge on any atom is 0.408 e. The quantitative estimate of drug-likeness (QED) is 0.477. The lowest BCUT2D eigenvalue weighted by molar-refractivity contribution is 0.139. The highest BCUT2D eigenvalue weighted by atomic mass is 32.1. The van der Waals surface area contributed by atoms with Crippen LogP contribution in [0, 0.1) is 0 Å². The lowest BCUT2D eigenvalue weighted by Gasteiger charge is -2.10. The standard InChI is InChI=1S/C6H13NO2S/c1-4(2)7-6(8)9-5(3)10/h4-5,10H,1-3H3,(H,7,8). The van der Waals surface area contributed by atoms with Gasteiger partial charge in [0.1, 0.15) is 5.44 Å². The van der Waals surface area contributed by atoms with E-state index < -0.39 is 6.09 Å². The number of hydrogen-bond donors (Lipinski definition) is 2. The Hall–Kier alpha value is -0.380. The summed E-state index contributed by atoms with van der Waals surface area (Å²) in [5, 5.41) is 2.56. The second-order valence-electron chi connectivity index (χ2n) is 2.30. The molecule has 1 N–H and O–H groups in total. The molecule has 1 amide bonds. The van der Waals surface area contributed by atoms with Crippen molar-refractivity contribution in [1.82, 2.24) is 5.32 Å². The van der Waals surface area contributed by atoms with Crippen LogP contribution < -0.4 is 5.32 Å². The fraction of sp³-hybridized carbons (Fsp3) is 0.833. The monoisotopic (exact) mass is 163 g/mol. The van der Waals surface area contributed by atoms with Crippen LogP contribution in [0.25, 0.3) is 0 Å². The molecule has 0 rings (SSSR count). The van der Waals surface area contributed by atoms with E-state index in [4.69, 9.17) is 0 Å². The van der Waals surface area contributed by atoms with Gasteiger partial charge in [-0.1, -0.05) is 0 Å². The third kappa shape index (κ3) is 5.75. The number of ether oxygens (including phenoxy) is 1. The number of rotatable bonds is 2. The first-order chi connectivity index (χ1) is 4.52. The SMILES string of the molecule is CC(C)NC(=O)OC(C)S. The molecule has 0 aliphatic rings. The first-order valence-electron chi connectivity index (χ1n) is 3.17. The zero-order valence-electron chi connectivity index (χ0n) is 6.42. The molecule has 0 spiro atoms. The molecule has 0 saturated heterocycles. The molecule has 1 atom stereocenters. The van der Waals surface area contributed by atoms with Crippen LogP contribution in [0.4, 0.5) is 4.79 Å². The molecule has 10 heavy (non-hydrogen) atoms. The van der Waals surface area contributed by atoms with E-state index >= 15 is 0 Å². The van der Waals surface area contributed by atoms with Crippen molar-refractivity contribution in [2.45, 2.75) is 32.2 Å². The first-order valence-corrected chi connectivity index (χ1v) is 3.69. The van der Waals surface area contributed by atoms with E-state index in [0.717, 1.165) is 0 Å². The van der Waals surface area contributed by atoms with Gasteiger partial charge in [0, 0.05) is 6.04 Å². The van der Waals surface area contributed by atoms with Crippen molar-refractivity contribution < 1.29 is 9.53 Å². The lowest BCUT2D eigenvalue weighted by atomic mass is 10.4. The average Bonchev–Trinajstić information content (AvgIpc) is 1.58. The van der Waals surface area contributed by atoms with Crippen molar-refractivity contribution in [3.8, 4) is 0 Å². The Morgan fingerprint density at radius 3 is 2.30 bits per heavy atom. The highest BCUT2D eigenvalue weighted by molar-refractivity contribution is 7.80. The summed E-state index contributed by atoms with van der Waals surface area (Å²) in [6, 6.07) is 0.111. The van der Waals surface area contributed by atoms with Crippen LogP contribution in [0.15, 0.2) is 0 Å². The molecule has 0 aromatic carbocycles. The number of amides is 1. The van der Waals surface area contributed by atoms with Crippen LogP contribution in [-0.2, 0) is 4.74 Å². The van der Waals surface area contributed by atoms with Crippen LogP contribution in [0.3, 0.4) is 0 Å². The van der Waals surface area contributed by atoms with Gasteiger partial charge in [-0.05, 0) is 20.8 Å². The van der Waals surface area contributed by atoms with Crippen LogP contribution in [0.1, 0.15) is 20.8 Å². The number of thiol groups is 1. The van der Waals surface area contributed by atoms with Gasteiger partial charge in [0.05, 0.1) is 0 Å². The summed E-state index contributed by atoms with van der Waals surface area (Å²) >= 11 is 3.88. The van der Waals surface area contributed by atoms with Crippen molar-refractivity contribution in [1.29, 1.82) is 0 Å². The molecular weight excluding hydrogens is 150 g/mol. The van der Waals surface area contributed by atoms with E-state index in [1.54, 1.807) is 6.92 Å². The smallest absolute Gasteiger partial charge is 0.408 e. The summed E-state index contributed by atoms with van der Waals surface area (Å²) in [5.74, 6) is 0. The van der Waals surface area contributed by atoms with Crippen molar-refractivity contribution in [2.24, 2.45) is 0 Å². The summed E-state index contributed by atoms with van der Waals surface area (Å²) in [4.78, 5) is 10.7. The summed E-state index contributed by atoms with van der Waals surface area (Å²) in [5.41, 5.74) is -0.348. The molecule has 0 aliphatic heterocycles. The van der Waals surface area contributed by atoms with Gasteiger partial charge in [0.2, 0.25) is 0 Å². The van der Waals surface area contributed by atoms with Crippen molar-refractivity contribution in [3.05, 3.63) is 0 Å². The van der Waals surface area contributed by atoms with E-state index in [1.807, 2.05) is 13.8 Å². The molecule has 1 unspecified atom stereocenters. The molecule has 0 aromatic rings. The Kier molecular flexibility index (Phi) is 4.27. The molecule has 3 nitrogen and oxygen atoms in total. The van der Waals surface area contributed by atoms with Gasteiger partial charge in [0.15, 0.2) is 0 Å². The zero-order valence-corrected chi connectivity index (χ0v) is 7.31. The third-order valence-electron chi connectivity index (χ3n) is 0.684. The second-order valence-corrected chi connectivity index (χ2v) is 3.03. The Labute approximate surface area is 66.5 Å². The summed E-state index contributed by atoms with van der Waals surface area (Å²) in [7, 11) is 0. The topological polar surface area (TPSA) is 38.3 Å². The zero-order chi connectivity index (χ0) is 8.15. The fourth-order valence-corrected chi connectivity index (χ4v) is 0.520. The lowest BCUT2D eigenvalue weighted by Crippen LogP contribution is -2.31. The number of nitrogens with one attached hydrogen (secondary N) is 1. The van der Waals surface area contributed by atoms with E-state index in [0.29, 0.717) is 0 Å². The Balaban J connectivity index is 3.44. The Morgan fingerprint density at radius 2 is 2.00 bits per heavy atom. The third-order valence-corrected chi connectivity index (χ3v) is 0.790. The van der Waals surface area contributed by atoms with Crippen LogP contribution >= 0.6 is 12.6 Å². The number of carbonyl (C=O) groups excluding carboxylic acids is 1. The van der Waals surface area contributed by atoms with Gasteiger partial charge in [-0.3, -0.25) is 0 Å². The van der Waals surface area contributed by atoms with Crippen LogP contribution in [0.5, 0.6) is 0 Å². The number of alkyl carbamates (subject to hydrolysis) is 1. The molecule has 0 aromatic heterocycles. The maximum absolute atomic E-state index is 10.7. The second kappa shape index (κ2) is 4.44. The van der Waals surface area contributed by atoms with E-state index in [9.17, 15) is 4.79 Å². The minimum Gasteiger partial charge on any atom is -0.436 e. The van der Waals surface area contributed by atoms with Crippen LogP contribution in [-0.4, -0.2) is 17.6 Å². The number of hydrogen-bond acceptors (Lipinski definition) is 3.